The number of ether oxygens (including phenoxy) is 1. The van der Waals surface area contributed by atoms with Crippen LogP contribution >= 0.6 is 0 Å². The highest BCUT2D eigenvalue weighted by Crippen LogP contribution is 2.19. The summed E-state index contributed by atoms with van der Waals surface area (Å²) in [4.78, 5) is 18.9. The summed E-state index contributed by atoms with van der Waals surface area (Å²) in [7, 11) is 0. The van der Waals surface area contributed by atoms with Crippen molar-refractivity contribution < 1.29 is 9.53 Å². The topological polar surface area (TPSA) is 96.7 Å². The number of urea groups is 1. The highest BCUT2D eigenvalue weighted by Gasteiger charge is 2.23. The molecule has 3 aromatic heterocycles. The monoisotopic (exact) mass is 381 g/mol. The van der Waals surface area contributed by atoms with E-state index in [1.54, 1.807) is 6.20 Å². The Morgan fingerprint density at radius 2 is 2.00 bits per heavy atom. The third-order valence-corrected chi connectivity index (χ3v) is 4.54. The largest absolute Gasteiger partial charge is 0.372 e. The first-order valence-electron chi connectivity index (χ1n) is 9.28. The summed E-state index contributed by atoms with van der Waals surface area (Å²) in [5.41, 5.74) is 1.37. The van der Waals surface area contributed by atoms with Gasteiger partial charge in [0, 0.05) is 19.3 Å². The molecule has 0 radical (unpaired) electrons. The van der Waals surface area contributed by atoms with E-state index in [1.165, 1.54) is 0 Å². The predicted octanol–water partition coefficient (Wildman–Crippen LogP) is 2.06. The zero-order valence-electron chi connectivity index (χ0n) is 15.9. The summed E-state index contributed by atoms with van der Waals surface area (Å²) in [5.74, 6) is 1.54. The summed E-state index contributed by atoms with van der Waals surface area (Å²) in [6.07, 6.45) is 3.86. The molecular weight excluding hydrogens is 358 g/mol. The van der Waals surface area contributed by atoms with E-state index in [2.05, 4.69) is 44.6 Å². The number of amides is 2. The number of carbonyl (C=O) groups is 1. The van der Waals surface area contributed by atoms with Crippen molar-refractivity contribution in [1.82, 2.24) is 24.9 Å². The molecule has 1 fully saturated rings. The second kappa shape index (κ2) is 7.81. The van der Waals surface area contributed by atoms with Crippen molar-refractivity contribution in [2.45, 2.75) is 32.6 Å². The highest BCUT2D eigenvalue weighted by molar-refractivity contribution is 5.89. The zero-order valence-corrected chi connectivity index (χ0v) is 15.9. The highest BCUT2D eigenvalue weighted by atomic mass is 16.5. The van der Waals surface area contributed by atoms with E-state index in [0.717, 1.165) is 24.6 Å². The van der Waals surface area contributed by atoms with E-state index < -0.39 is 0 Å². The van der Waals surface area contributed by atoms with E-state index in [1.807, 2.05) is 40.9 Å². The Morgan fingerprint density at radius 3 is 2.75 bits per heavy atom. The molecule has 0 spiro atoms. The Bertz CT molecular complexity index is 946. The standard InChI is InChI=1S/C19H23N7O2/c1-13-11-25(12-14(2)28-13)16-7-6-15(9-20-16)22-19(27)21-10-18-24-23-17-5-3-4-8-26(17)18/h3-9,13-14H,10-12H2,1-2H3,(H2,21,22,27)/t13-,14+. The number of fused-ring (bicyclic) bond motifs is 1. The number of nitrogens with one attached hydrogen (secondary N) is 2. The summed E-state index contributed by atoms with van der Waals surface area (Å²) in [5, 5.41) is 13.7. The number of hydrogen-bond acceptors (Lipinski definition) is 6. The Balaban J connectivity index is 1.33. The number of pyridine rings is 2. The van der Waals surface area contributed by atoms with Crippen molar-refractivity contribution in [3.8, 4) is 0 Å². The molecule has 146 valence electrons. The van der Waals surface area contributed by atoms with Gasteiger partial charge in [0.15, 0.2) is 11.5 Å². The first kappa shape index (κ1) is 18.2. The number of aromatic nitrogens is 4. The van der Waals surface area contributed by atoms with Crippen molar-refractivity contribution in [3.63, 3.8) is 0 Å². The van der Waals surface area contributed by atoms with Gasteiger partial charge in [-0.05, 0) is 38.1 Å². The van der Waals surface area contributed by atoms with E-state index in [0.29, 0.717) is 11.5 Å². The van der Waals surface area contributed by atoms with Gasteiger partial charge in [0.1, 0.15) is 5.82 Å². The molecule has 0 saturated carbocycles. The van der Waals surface area contributed by atoms with Crippen LogP contribution in [-0.2, 0) is 11.3 Å². The lowest BCUT2D eigenvalue weighted by molar-refractivity contribution is -0.00545. The molecule has 28 heavy (non-hydrogen) atoms. The molecule has 1 saturated heterocycles. The van der Waals surface area contributed by atoms with Crippen molar-refractivity contribution in [1.29, 1.82) is 0 Å². The second-order valence-electron chi connectivity index (χ2n) is 6.92. The van der Waals surface area contributed by atoms with Crippen LogP contribution in [0.15, 0.2) is 42.7 Å². The van der Waals surface area contributed by atoms with Gasteiger partial charge in [-0.3, -0.25) is 4.40 Å². The van der Waals surface area contributed by atoms with Crippen molar-refractivity contribution >= 4 is 23.2 Å². The molecule has 2 atom stereocenters. The molecule has 0 unspecified atom stereocenters. The maximum atomic E-state index is 12.2. The maximum absolute atomic E-state index is 12.2. The summed E-state index contributed by atoms with van der Waals surface area (Å²) < 4.78 is 7.59. The normalized spacial score (nSPS) is 19.6. The molecule has 9 heteroatoms. The minimum atomic E-state index is -0.323. The smallest absolute Gasteiger partial charge is 0.319 e. The van der Waals surface area contributed by atoms with E-state index in [4.69, 9.17) is 4.74 Å². The van der Waals surface area contributed by atoms with Crippen LogP contribution in [0.3, 0.4) is 0 Å². The first-order valence-corrected chi connectivity index (χ1v) is 9.28. The second-order valence-corrected chi connectivity index (χ2v) is 6.92. The summed E-state index contributed by atoms with van der Waals surface area (Å²) in [6, 6.07) is 9.08. The van der Waals surface area contributed by atoms with Crippen molar-refractivity contribution in [2.24, 2.45) is 0 Å². The van der Waals surface area contributed by atoms with Crippen molar-refractivity contribution in [2.75, 3.05) is 23.3 Å². The van der Waals surface area contributed by atoms with Gasteiger partial charge in [-0.2, -0.15) is 0 Å². The number of nitrogens with zero attached hydrogens (tertiary/aromatic N) is 5. The molecule has 3 aromatic rings. The van der Waals surface area contributed by atoms with Gasteiger partial charge in [0.25, 0.3) is 0 Å². The predicted molar refractivity (Wildman–Crippen MR) is 105 cm³/mol. The molecular formula is C19H23N7O2. The first-order chi connectivity index (χ1) is 13.6. The molecule has 4 heterocycles. The van der Waals surface area contributed by atoms with Gasteiger partial charge < -0.3 is 20.3 Å². The van der Waals surface area contributed by atoms with Gasteiger partial charge in [-0.15, -0.1) is 10.2 Å². The van der Waals surface area contributed by atoms with Crippen LogP contribution < -0.4 is 15.5 Å². The minimum absolute atomic E-state index is 0.169. The van der Waals surface area contributed by atoms with Gasteiger partial charge in [-0.1, -0.05) is 6.07 Å². The zero-order chi connectivity index (χ0) is 19.5. The van der Waals surface area contributed by atoms with Gasteiger partial charge in [0.2, 0.25) is 0 Å². The average Bonchev–Trinajstić information content (AvgIpc) is 3.09. The molecule has 1 aliphatic heterocycles. The Labute approximate surface area is 162 Å². The Hall–Kier alpha value is -3.20. The molecule has 1 aliphatic rings. The van der Waals surface area contributed by atoms with Crippen LogP contribution in [0.25, 0.3) is 5.65 Å². The lowest BCUT2D eigenvalue weighted by Crippen LogP contribution is -2.45. The molecule has 0 aliphatic carbocycles. The summed E-state index contributed by atoms with van der Waals surface area (Å²) in [6.45, 7) is 5.99. The van der Waals surface area contributed by atoms with Crippen molar-refractivity contribution in [3.05, 3.63) is 48.5 Å². The SMILES string of the molecule is C[C@@H]1CN(c2ccc(NC(=O)NCc3nnc4ccccn34)cn2)C[C@H](C)O1. The minimum Gasteiger partial charge on any atom is -0.372 e. The molecule has 0 bridgehead atoms. The van der Waals surface area contributed by atoms with Gasteiger partial charge in [-0.25, -0.2) is 9.78 Å². The molecule has 2 amide bonds. The van der Waals surface area contributed by atoms with Crippen LogP contribution in [-0.4, -0.2) is 50.9 Å². The quantitative estimate of drug-likeness (QED) is 0.718. The van der Waals surface area contributed by atoms with Crippen LogP contribution in [0.5, 0.6) is 0 Å². The van der Waals surface area contributed by atoms with E-state index >= 15 is 0 Å². The number of anilines is 2. The number of hydrogen-bond donors (Lipinski definition) is 2. The lowest BCUT2D eigenvalue weighted by Gasteiger charge is -2.36. The molecule has 0 aromatic carbocycles. The number of morpholine rings is 1. The average molecular weight is 381 g/mol. The van der Waals surface area contributed by atoms with Crippen LogP contribution in [0.2, 0.25) is 0 Å². The molecule has 4 rings (SSSR count). The third kappa shape index (κ3) is 4.04. The maximum Gasteiger partial charge on any atom is 0.319 e. The third-order valence-electron chi connectivity index (χ3n) is 4.54. The van der Waals surface area contributed by atoms with E-state index in [-0.39, 0.29) is 24.8 Å². The van der Waals surface area contributed by atoms with Crippen LogP contribution in [0, 0.1) is 0 Å². The lowest BCUT2D eigenvalue weighted by atomic mass is 10.2. The summed E-state index contributed by atoms with van der Waals surface area (Å²) >= 11 is 0. The Morgan fingerprint density at radius 1 is 1.18 bits per heavy atom. The van der Waals surface area contributed by atoms with Crippen LogP contribution in [0.4, 0.5) is 16.3 Å². The number of carbonyl (C=O) groups excluding carboxylic acids is 1. The molecule has 9 nitrogen and oxygen atoms in total. The number of rotatable bonds is 4. The molecule has 2 N–H and O–H groups in total. The fraction of sp³-hybridized carbons (Fsp3) is 0.368. The van der Waals surface area contributed by atoms with Gasteiger partial charge in [0.05, 0.1) is 30.6 Å². The van der Waals surface area contributed by atoms with Gasteiger partial charge >= 0.3 is 6.03 Å². The Kier molecular flexibility index (Phi) is 5.07. The fourth-order valence-corrected chi connectivity index (χ4v) is 3.36. The fourth-order valence-electron chi connectivity index (χ4n) is 3.36. The van der Waals surface area contributed by atoms with E-state index in [9.17, 15) is 4.79 Å². The van der Waals surface area contributed by atoms with Crippen LogP contribution in [0.1, 0.15) is 19.7 Å².